The van der Waals surface area contributed by atoms with Gasteiger partial charge in [0.1, 0.15) is 24.5 Å². The SMILES string of the molecule is CCc1nncn1CCNC(=NCC(=O)N(C)C)N1CCN(c2ccccn2)CC1.I. The third-order valence-corrected chi connectivity index (χ3v) is 5.06. The summed E-state index contributed by atoms with van der Waals surface area (Å²) >= 11 is 0. The van der Waals surface area contributed by atoms with Crippen LogP contribution in [0.1, 0.15) is 12.7 Å². The van der Waals surface area contributed by atoms with Gasteiger partial charge in [-0.1, -0.05) is 13.0 Å². The first-order chi connectivity index (χ1) is 14.6. The predicted octanol–water partition coefficient (Wildman–Crippen LogP) is 0.710. The number of piperazine rings is 1. The largest absolute Gasteiger partial charge is 0.354 e. The van der Waals surface area contributed by atoms with Crippen LogP contribution >= 0.6 is 24.0 Å². The number of guanidine groups is 1. The number of carbonyl (C=O) groups is 1. The van der Waals surface area contributed by atoms with E-state index in [1.54, 1.807) is 25.3 Å². The Kier molecular flexibility index (Phi) is 9.95. The third kappa shape index (κ3) is 7.04. The average Bonchev–Trinajstić information content (AvgIpc) is 3.24. The number of aliphatic imine (C=N–C) groups is 1. The number of nitrogens with one attached hydrogen (secondary N) is 1. The number of carbonyl (C=O) groups excluding carboxylic acids is 1. The van der Waals surface area contributed by atoms with E-state index in [4.69, 9.17) is 0 Å². The summed E-state index contributed by atoms with van der Waals surface area (Å²) in [5.41, 5.74) is 0. The molecule has 0 aromatic carbocycles. The molecule has 31 heavy (non-hydrogen) atoms. The minimum atomic E-state index is -0.0199. The van der Waals surface area contributed by atoms with Gasteiger partial charge < -0.3 is 24.6 Å². The standard InChI is InChI=1S/C20H31N9O.HI/c1-4-17-25-24-16-29(17)10-9-22-20(23-15-19(30)26(2)3)28-13-11-27(12-14-28)18-7-5-6-8-21-18;/h5-8,16H,4,9-15H2,1-3H3,(H,22,23);1H. The normalized spacial score (nSPS) is 14.2. The van der Waals surface area contributed by atoms with Gasteiger partial charge in [0, 0.05) is 66.0 Å². The molecule has 1 saturated heterocycles. The quantitative estimate of drug-likeness (QED) is 0.314. The fourth-order valence-corrected chi connectivity index (χ4v) is 3.27. The molecule has 1 aliphatic heterocycles. The molecule has 0 bridgehead atoms. The summed E-state index contributed by atoms with van der Waals surface area (Å²) in [7, 11) is 3.49. The van der Waals surface area contributed by atoms with E-state index >= 15 is 0 Å². The molecule has 0 atom stereocenters. The molecular formula is C20H32IN9O. The maximum Gasteiger partial charge on any atom is 0.243 e. The van der Waals surface area contributed by atoms with Gasteiger partial charge in [0.2, 0.25) is 5.91 Å². The van der Waals surface area contributed by atoms with Crippen LogP contribution in [0.5, 0.6) is 0 Å². The highest BCUT2D eigenvalue weighted by Gasteiger charge is 2.21. The lowest BCUT2D eigenvalue weighted by Gasteiger charge is -2.37. The molecule has 2 aromatic heterocycles. The fraction of sp³-hybridized carbons (Fsp3) is 0.550. The smallest absolute Gasteiger partial charge is 0.243 e. The van der Waals surface area contributed by atoms with Crippen molar-refractivity contribution in [3.63, 3.8) is 0 Å². The van der Waals surface area contributed by atoms with Crippen LogP contribution < -0.4 is 10.2 Å². The highest BCUT2D eigenvalue weighted by molar-refractivity contribution is 14.0. The number of hydrogen-bond donors (Lipinski definition) is 1. The number of anilines is 1. The first-order valence-corrected chi connectivity index (χ1v) is 10.3. The lowest BCUT2D eigenvalue weighted by Crippen LogP contribution is -2.53. The Bertz CT molecular complexity index is 832. The number of nitrogens with zero attached hydrogens (tertiary/aromatic N) is 8. The molecule has 3 rings (SSSR count). The van der Waals surface area contributed by atoms with Gasteiger partial charge in [0.25, 0.3) is 0 Å². The maximum absolute atomic E-state index is 12.0. The highest BCUT2D eigenvalue weighted by Crippen LogP contribution is 2.12. The fourth-order valence-electron chi connectivity index (χ4n) is 3.27. The number of amides is 1. The van der Waals surface area contributed by atoms with Gasteiger partial charge in [-0.15, -0.1) is 34.2 Å². The van der Waals surface area contributed by atoms with Gasteiger partial charge in [-0.3, -0.25) is 4.79 Å². The maximum atomic E-state index is 12.0. The van der Waals surface area contributed by atoms with Crippen molar-refractivity contribution in [2.75, 3.05) is 58.3 Å². The zero-order chi connectivity index (χ0) is 21.3. The Morgan fingerprint density at radius 1 is 1.23 bits per heavy atom. The van der Waals surface area contributed by atoms with Gasteiger partial charge in [-0.05, 0) is 12.1 Å². The highest BCUT2D eigenvalue weighted by atomic mass is 127. The van der Waals surface area contributed by atoms with Crippen molar-refractivity contribution < 1.29 is 4.79 Å². The lowest BCUT2D eigenvalue weighted by atomic mass is 10.3. The van der Waals surface area contributed by atoms with Crippen molar-refractivity contribution in [1.29, 1.82) is 0 Å². The zero-order valence-corrected chi connectivity index (χ0v) is 20.8. The van der Waals surface area contributed by atoms with Crippen LogP contribution in [0.4, 0.5) is 5.82 Å². The minimum absolute atomic E-state index is 0. The molecule has 0 unspecified atom stereocenters. The number of likely N-dealkylation sites (N-methyl/N-ethyl adjacent to an activating group) is 1. The lowest BCUT2D eigenvalue weighted by molar-refractivity contribution is -0.127. The summed E-state index contributed by atoms with van der Waals surface area (Å²) in [6.45, 7) is 6.94. The van der Waals surface area contributed by atoms with Crippen molar-refractivity contribution in [1.82, 2.24) is 34.9 Å². The molecule has 11 heteroatoms. The van der Waals surface area contributed by atoms with E-state index in [2.05, 4.69) is 42.2 Å². The van der Waals surface area contributed by atoms with Crippen LogP contribution in [0, 0.1) is 0 Å². The minimum Gasteiger partial charge on any atom is -0.354 e. The second-order valence-electron chi connectivity index (χ2n) is 7.31. The Balaban J connectivity index is 0.00000341. The summed E-state index contributed by atoms with van der Waals surface area (Å²) in [6.07, 6.45) is 4.41. The number of aromatic nitrogens is 4. The van der Waals surface area contributed by atoms with E-state index in [9.17, 15) is 4.79 Å². The van der Waals surface area contributed by atoms with Gasteiger partial charge in [0.15, 0.2) is 5.96 Å². The first kappa shape index (κ1) is 24.8. The van der Waals surface area contributed by atoms with E-state index in [1.165, 1.54) is 0 Å². The molecule has 170 valence electrons. The molecule has 2 aromatic rings. The van der Waals surface area contributed by atoms with Crippen LogP contribution in [0.2, 0.25) is 0 Å². The number of aryl methyl sites for hydroxylation is 1. The van der Waals surface area contributed by atoms with Crippen LogP contribution in [-0.4, -0.2) is 94.8 Å². The van der Waals surface area contributed by atoms with Crippen molar-refractivity contribution in [3.05, 3.63) is 36.5 Å². The van der Waals surface area contributed by atoms with E-state index in [1.807, 2.05) is 29.0 Å². The van der Waals surface area contributed by atoms with E-state index in [-0.39, 0.29) is 36.4 Å². The van der Waals surface area contributed by atoms with Crippen molar-refractivity contribution in [3.8, 4) is 0 Å². The number of halogens is 1. The number of pyridine rings is 1. The molecule has 1 aliphatic rings. The van der Waals surface area contributed by atoms with Crippen LogP contribution in [0.25, 0.3) is 0 Å². The Hall–Kier alpha value is -2.44. The summed E-state index contributed by atoms with van der Waals surface area (Å²) in [6, 6.07) is 5.96. The van der Waals surface area contributed by atoms with Crippen LogP contribution in [0.15, 0.2) is 35.7 Å². The molecular weight excluding hydrogens is 509 g/mol. The molecule has 0 aliphatic carbocycles. The monoisotopic (exact) mass is 541 g/mol. The topological polar surface area (TPSA) is 94.8 Å². The molecule has 1 fully saturated rings. The third-order valence-electron chi connectivity index (χ3n) is 5.06. The summed E-state index contributed by atoms with van der Waals surface area (Å²) in [5, 5.41) is 11.5. The first-order valence-electron chi connectivity index (χ1n) is 10.3. The molecule has 1 amide bonds. The molecule has 0 saturated carbocycles. The number of hydrogen-bond acceptors (Lipinski definition) is 6. The Morgan fingerprint density at radius 2 is 2.00 bits per heavy atom. The van der Waals surface area contributed by atoms with Crippen molar-refractivity contribution in [2.24, 2.45) is 4.99 Å². The summed E-state index contributed by atoms with van der Waals surface area (Å²) in [5.74, 6) is 2.69. The molecule has 0 radical (unpaired) electrons. The second-order valence-corrected chi connectivity index (χ2v) is 7.31. The van der Waals surface area contributed by atoms with Crippen molar-refractivity contribution in [2.45, 2.75) is 19.9 Å². The van der Waals surface area contributed by atoms with Gasteiger partial charge in [-0.25, -0.2) is 9.98 Å². The zero-order valence-electron chi connectivity index (χ0n) is 18.4. The predicted molar refractivity (Wildman–Crippen MR) is 132 cm³/mol. The summed E-state index contributed by atoms with van der Waals surface area (Å²) in [4.78, 5) is 27.1. The Morgan fingerprint density at radius 3 is 2.65 bits per heavy atom. The number of rotatable bonds is 7. The van der Waals surface area contributed by atoms with Crippen LogP contribution in [-0.2, 0) is 17.8 Å². The van der Waals surface area contributed by atoms with Gasteiger partial charge >= 0.3 is 0 Å². The second kappa shape index (κ2) is 12.4. The molecule has 1 N–H and O–H groups in total. The van der Waals surface area contributed by atoms with Gasteiger partial charge in [0.05, 0.1) is 0 Å². The average molecular weight is 541 g/mol. The van der Waals surface area contributed by atoms with E-state index in [0.29, 0.717) is 6.54 Å². The van der Waals surface area contributed by atoms with E-state index in [0.717, 1.165) is 56.7 Å². The Labute approximate surface area is 200 Å². The molecule has 10 nitrogen and oxygen atoms in total. The van der Waals surface area contributed by atoms with Crippen molar-refractivity contribution >= 4 is 41.7 Å². The summed E-state index contributed by atoms with van der Waals surface area (Å²) < 4.78 is 2.04. The van der Waals surface area contributed by atoms with E-state index < -0.39 is 0 Å². The molecule has 0 spiro atoms. The van der Waals surface area contributed by atoms with Gasteiger partial charge in [-0.2, -0.15) is 0 Å². The molecule has 3 heterocycles. The van der Waals surface area contributed by atoms with Crippen LogP contribution in [0.3, 0.4) is 0 Å².